The summed E-state index contributed by atoms with van der Waals surface area (Å²) in [6.45, 7) is 1.27. The number of amides is 1. The molecule has 0 spiro atoms. The summed E-state index contributed by atoms with van der Waals surface area (Å²) in [7, 11) is 1.40. The van der Waals surface area contributed by atoms with Crippen molar-refractivity contribution in [3.63, 3.8) is 0 Å². The number of aromatic nitrogens is 2. The quantitative estimate of drug-likeness (QED) is 0.632. The van der Waals surface area contributed by atoms with Crippen LogP contribution in [0.1, 0.15) is 21.7 Å². The van der Waals surface area contributed by atoms with Crippen molar-refractivity contribution in [2.75, 3.05) is 13.7 Å². The SMILES string of the molecule is COC(=O)[C@@H]1C[C@@H](NC(=O)c2ccc(-n3cccn3)cc2)CN1Cc1cccs1. The molecule has 0 saturated carbocycles. The molecular weight excluding hydrogens is 388 g/mol. The van der Waals surface area contributed by atoms with E-state index < -0.39 is 0 Å². The average Bonchev–Trinajstić information content (AvgIpc) is 3.50. The largest absolute Gasteiger partial charge is 0.468 e. The first-order valence-corrected chi connectivity index (χ1v) is 10.3. The Morgan fingerprint density at radius 2 is 2.07 bits per heavy atom. The van der Waals surface area contributed by atoms with Gasteiger partial charge in [-0.15, -0.1) is 11.3 Å². The molecule has 1 aromatic carbocycles. The second-order valence-corrected chi connectivity index (χ2v) is 7.98. The number of nitrogens with zero attached hydrogens (tertiary/aromatic N) is 3. The molecule has 3 aromatic rings. The lowest BCUT2D eigenvalue weighted by atomic mass is 10.1. The zero-order chi connectivity index (χ0) is 20.2. The van der Waals surface area contributed by atoms with Crippen LogP contribution in [0.3, 0.4) is 0 Å². The molecule has 7 nitrogen and oxygen atoms in total. The number of hydrogen-bond acceptors (Lipinski definition) is 6. The highest BCUT2D eigenvalue weighted by Gasteiger charge is 2.38. The summed E-state index contributed by atoms with van der Waals surface area (Å²) in [5.74, 6) is -0.412. The highest BCUT2D eigenvalue weighted by atomic mass is 32.1. The maximum Gasteiger partial charge on any atom is 0.323 e. The van der Waals surface area contributed by atoms with Gasteiger partial charge >= 0.3 is 5.97 Å². The van der Waals surface area contributed by atoms with Gasteiger partial charge in [0.05, 0.1) is 12.8 Å². The molecular formula is C21H22N4O3S. The van der Waals surface area contributed by atoms with Crippen LogP contribution in [0.15, 0.2) is 60.2 Å². The van der Waals surface area contributed by atoms with E-state index >= 15 is 0 Å². The second-order valence-electron chi connectivity index (χ2n) is 6.95. The number of benzene rings is 1. The fraction of sp³-hybridized carbons (Fsp3) is 0.286. The van der Waals surface area contributed by atoms with E-state index in [1.54, 1.807) is 34.3 Å². The normalized spacial score (nSPS) is 19.2. The molecule has 2 atom stereocenters. The number of carbonyl (C=O) groups excluding carboxylic acids is 2. The Bertz CT molecular complexity index is 954. The van der Waals surface area contributed by atoms with Gasteiger partial charge in [0.15, 0.2) is 0 Å². The number of hydrogen-bond donors (Lipinski definition) is 1. The molecule has 1 aliphatic rings. The third kappa shape index (κ3) is 4.38. The minimum Gasteiger partial charge on any atom is -0.468 e. The van der Waals surface area contributed by atoms with Crippen LogP contribution in [0.5, 0.6) is 0 Å². The fourth-order valence-corrected chi connectivity index (χ4v) is 4.35. The maximum absolute atomic E-state index is 12.7. The van der Waals surface area contributed by atoms with Crippen molar-refractivity contribution in [2.45, 2.75) is 25.0 Å². The molecule has 29 heavy (non-hydrogen) atoms. The van der Waals surface area contributed by atoms with Crippen LogP contribution in [0, 0.1) is 0 Å². The smallest absolute Gasteiger partial charge is 0.323 e. The number of likely N-dealkylation sites (tertiary alicyclic amines) is 1. The highest BCUT2D eigenvalue weighted by Crippen LogP contribution is 2.24. The van der Waals surface area contributed by atoms with Gasteiger partial charge in [0.2, 0.25) is 0 Å². The Kier molecular flexibility index (Phi) is 5.73. The summed E-state index contributed by atoms with van der Waals surface area (Å²) in [4.78, 5) is 28.2. The maximum atomic E-state index is 12.7. The monoisotopic (exact) mass is 410 g/mol. The zero-order valence-corrected chi connectivity index (χ0v) is 16.8. The van der Waals surface area contributed by atoms with Crippen molar-refractivity contribution in [1.29, 1.82) is 0 Å². The summed E-state index contributed by atoms with van der Waals surface area (Å²) in [6.07, 6.45) is 4.10. The topological polar surface area (TPSA) is 76.5 Å². The van der Waals surface area contributed by atoms with Crippen molar-refractivity contribution in [2.24, 2.45) is 0 Å². The molecule has 0 bridgehead atoms. The number of esters is 1. The van der Waals surface area contributed by atoms with E-state index in [1.165, 1.54) is 12.0 Å². The van der Waals surface area contributed by atoms with Crippen LogP contribution in [-0.4, -0.2) is 52.3 Å². The van der Waals surface area contributed by atoms with Gasteiger partial charge in [0, 0.05) is 42.0 Å². The first-order chi connectivity index (χ1) is 14.1. The molecule has 0 unspecified atom stereocenters. The average molecular weight is 410 g/mol. The Morgan fingerprint density at radius 1 is 1.24 bits per heavy atom. The van der Waals surface area contributed by atoms with Crippen LogP contribution in [0.25, 0.3) is 5.69 Å². The zero-order valence-electron chi connectivity index (χ0n) is 16.0. The summed E-state index contributed by atoms with van der Waals surface area (Å²) < 4.78 is 6.71. The molecule has 1 aliphatic heterocycles. The molecule has 4 rings (SSSR count). The standard InChI is InChI=1S/C21H22N4O3S/c1-28-21(27)19-12-16(13-24(19)14-18-4-2-11-29-18)23-20(26)15-5-7-17(8-6-15)25-10-3-9-22-25/h2-11,16,19H,12-14H2,1H3,(H,23,26)/t16-,19+/m1/s1. The van der Waals surface area contributed by atoms with Crippen molar-refractivity contribution in [3.05, 3.63) is 70.7 Å². The number of carbonyl (C=O) groups is 2. The number of ether oxygens (including phenoxy) is 1. The number of methoxy groups -OCH3 is 1. The summed E-state index contributed by atoms with van der Waals surface area (Å²) in [6, 6.07) is 12.7. The molecule has 1 amide bonds. The van der Waals surface area contributed by atoms with E-state index in [9.17, 15) is 9.59 Å². The molecule has 8 heteroatoms. The Balaban J connectivity index is 1.41. The number of rotatable bonds is 6. The van der Waals surface area contributed by atoms with Gasteiger partial charge in [-0.1, -0.05) is 6.07 Å². The van der Waals surface area contributed by atoms with E-state index in [0.717, 1.165) is 5.69 Å². The van der Waals surface area contributed by atoms with Gasteiger partial charge in [-0.2, -0.15) is 5.10 Å². The fourth-order valence-electron chi connectivity index (χ4n) is 3.62. The van der Waals surface area contributed by atoms with Gasteiger partial charge in [-0.05, 0) is 48.2 Å². The lowest BCUT2D eigenvalue weighted by Crippen LogP contribution is -2.37. The molecule has 0 aliphatic carbocycles. The van der Waals surface area contributed by atoms with Crippen molar-refractivity contribution >= 4 is 23.2 Å². The molecule has 1 saturated heterocycles. The first-order valence-electron chi connectivity index (χ1n) is 9.39. The molecule has 1 N–H and O–H groups in total. The Morgan fingerprint density at radius 3 is 2.72 bits per heavy atom. The van der Waals surface area contributed by atoms with Crippen molar-refractivity contribution in [1.82, 2.24) is 20.0 Å². The lowest BCUT2D eigenvalue weighted by Gasteiger charge is -2.21. The summed E-state index contributed by atoms with van der Waals surface area (Å²) in [5.41, 5.74) is 1.47. The van der Waals surface area contributed by atoms with Crippen LogP contribution in [0.4, 0.5) is 0 Å². The van der Waals surface area contributed by atoms with Crippen LogP contribution in [-0.2, 0) is 16.1 Å². The predicted molar refractivity (Wildman–Crippen MR) is 110 cm³/mol. The number of thiophene rings is 1. The summed E-state index contributed by atoms with van der Waals surface area (Å²) >= 11 is 1.66. The number of nitrogens with one attached hydrogen (secondary N) is 1. The molecule has 1 fully saturated rings. The van der Waals surface area contributed by atoms with Crippen LogP contribution in [0.2, 0.25) is 0 Å². The van der Waals surface area contributed by atoms with Gasteiger partial charge in [-0.25, -0.2) is 4.68 Å². The predicted octanol–water partition coefficient (Wildman–Crippen LogP) is 2.48. The molecule has 0 radical (unpaired) electrons. The van der Waals surface area contributed by atoms with E-state index in [4.69, 9.17) is 4.74 Å². The van der Waals surface area contributed by atoms with Crippen molar-refractivity contribution < 1.29 is 14.3 Å². The third-order valence-corrected chi connectivity index (χ3v) is 5.91. The minimum absolute atomic E-state index is 0.114. The lowest BCUT2D eigenvalue weighted by molar-refractivity contribution is -0.146. The minimum atomic E-state index is -0.352. The van der Waals surface area contributed by atoms with Gasteiger partial charge in [0.1, 0.15) is 6.04 Å². The third-order valence-electron chi connectivity index (χ3n) is 5.05. The van der Waals surface area contributed by atoms with E-state index in [0.29, 0.717) is 25.1 Å². The van der Waals surface area contributed by atoms with E-state index in [2.05, 4.69) is 15.3 Å². The first kappa shape index (κ1) is 19.4. The van der Waals surface area contributed by atoms with E-state index in [1.807, 2.05) is 41.9 Å². The van der Waals surface area contributed by atoms with Crippen LogP contribution >= 0.6 is 11.3 Å². The highest BCUT2D eigenvalue weighted by molar-refractivity contribution is 7.09. The van der Waals surface area contributed by atoms with Crippen molar-refractivity contribution in [3.8, 4) is 5.69 Å². The van der Waals surface area contributed by atoms with Gasteiger partial charge in [0.25, 0.3) is 5.91 Å². The van der Waals surface area contributed by atoms with Crippen LogP contribution < -0.4 is 5.32 Å². The summed E-state index contributed by atoms with van der Waals surface area (Å²) in [5, 5.41) is 9.26. The Hall–Kier alpha value is -2.97. The Labute approximate surface area is 172 Å². The van der Waals surface area contributed by atoms with Gasteiger partial charge in [-0.3, -0.25) is 14.5 Å². The van der Waals surface area contributed by atoms with Gasteiger partial charge < -0.3 is 10.1 Å². The molecule has 2 aromatic heterocycles. The molecule has 150 valence electrons. The molecule has 3 heterocycles. The van der Waals surface area contributed by atoms with E-state index in [-0.39, 0.29) is 24.0 Å². The second kappa shape index (κ2) is 8.59.